The van der Waals surface area contributed by atoms with E-state index < -0.39 is 0 Å². The highest BCUT2D eigenvalue weighted by Crippen LogP contribution is 2.18. The summed E-state index contributed by atoms with van der Waals surface area (Å²) in [6.07, 6.45) is 7.72. The number of hydrogen-bond donors (Lipinski definition) is 1. The van der Waals surface area contributed by atoms with Crippen molar-refractivity contribution in [3.05, 3.63) is 54.6 Å². The van der Waals surface area contributed by atoms with E-state index in [0.717, 1.165) is 17.7 Å². The van der Waals surface area contributed by atoms with Crippen LogP contribution in [0, 0.1) is 0 Å². The summed E-state index contributed by atoms with van der Waals surface area (Å²) in [5, 5.41) is 3.00. The van der Waals surface area contributed by atoms with Crippen molar-refractivity contribution >= 4 is 6.03 Å². The molecule has 0 bridgehead atoms. The first-order valence-electron chi connectivity index (χ1n) is 7.74. The van der Waals surface area contributed by atoms with Crippen molar-refractivity contribution in [3.8, 4) is 5.75 Å². The summed E-state index contributed by atoms with van der Waals surface area (Å²) in [5.74, 6) is 0.739. The van der Waals surface area contributed by atoms with E-state index in [1.54, 1.807) is 29.7 Å². The lowest BCUT2D eigenvalue weighted by Crippen LogP contribution is -2.40. The van der Waals surface area contributed by atoms with Crippen molar-refractivity contribution in [1.82, 2.24) is 20.2 Å². The van der Waals surface area contributed by atoms with Gasteiger partial charge in [0.2, 0.25) is 0 Å². The third-order valence-corrected chi connectivity index (χ3v) is 3.89. The molecular formula is C17H20N4O2. The predicted octanol–water partition coefficient (Wildman–Crippen LogP) is 2.40. The molecule has 120 valence electrons. The van der Waals surface area contributed by atoms with Gasteiger partial charge in [0.1, 0.15) is 11.9 Å². The molecule has 2 aromatic heterocycles. The summed E-state index contributed by atoms with van der Waals surface area (Å²) in [4.78, 5) is 22.2. The molecule has 23 heavy (non-hydrogen) atoms. The maximum absolute atomic E-state index is 12.4. The van der Waals surface area contributed by atoms with Gasteiger partial charge in [0.15, 0.2) is 0 Å². The molecule has 1 aliphatic rings. The minimum Gasteiger partial charge on any atom is -0.487 e. The number of nitrogens with one attached hydrogen (secondary N) is 1. The highest BCUT2D eigenvalue weighted by Gasteiger charge is 2.28. The molecule has 0 aliphatic carbocycles. The molecule has 2 amide bonds. The lowest BCUT2D eigenvalue weighted by Gasteiger charge is -2.21. The first kappa shape index (κ1) is 15.3. The summed E-state index contributed by atoms with van der Waals surface area (Å²) in [7, 11) is 0. The number of urea groups is 1. The third-order valence-electron chi connectivity index (χ3n) is 3.89. The zero-order valence-electron chi connectivity index (χ0n) is 13.1. The van der Waals surface area contributed by atoms with Gasteiger partial charge in [-0.2, -0.15) is 0 Å². The van der Waals surface area contributed by atoms with E-state index in [0.29, 0.717) is 13.1 Å². The first-order valence-corrected chi connectivity index (χ1v) is 7.74. The van der Waals surface area contributed by atoms with Gasteiger partial charge in [-0.05, 0) is 30.7 Å². The highest BCUT2D eigenvalue weighted by atomic mass is 16.5. The number of ether oxygens (including phenoxy) is 1. The first-order chi connectivity index (χ1) is 11.2. The molecule has 6 nitrogen and oxygen atoms in total. The Labute approximate surface area is 135 Å². The van der Waals surface area contributed by atoms with Crippen LogP contribution in [0.2, 0.25) is 0 Å². The zero-order valence-corrected chi connectivity index (χ0v) is 13.1. The second kappa shape index (κ2) is 7.09. The summed E-state index contributed by atoms with van der Waals surface area (Å²) in [6.45, 7) is 3.23. The van der Waals surface area contributed by atoms with Crippen LogP contribution in [-0.4, -0.2) is 40.1 Å². The van der Waals surface area contributed by atoms with Gasteiger partial charge in [-0.3, -0.25) is 9.97 Å². The number of nitrogens with zero attached hydrogens (tertiary/aromatic N) is 3. The van der Waals surface area contributed by atoms with Crippen molar-refractivity contribution < 1.29 is 9.53 Å². The van der Waals surface area contributed by atoms with Crippen molar-refractivity contribution in [1.29, 1.82) is 0 Å². The van der Waals surface area contributed by atoms with E-state index in [1.165, 1.54) is 0 Å². The Balaban J connectivity index is 1.51. The van der Waals surface area contributed by atoms with Crippen molar-refractivity contribution in [2.45, 2.75) is 25.5 Å². The van der Waals surface area contributed by atoms with Crippen LogP contribution in [-0.2, 0) is 0 Å². The molecule has 0 unspecified atom stereocenters. The third kappa shape index (κ3) is 3.97. The molecule has 0 spiro atoms. The van der Waals surface area contributed by atoms with Gasteiger partial charge in [0, 0.05) is 31.6 Å². The van der Waals surface area contributed by atoms with Gasteiger partial charge >= 0.3 is 6.03 Å². The van der Waals surface area contributed by atoms with E-state index in [1.807, 2.05) is 31.2 Å². The molecule has 1 saturated heterocycles. The van der Waals surface area contributed by atoms with Gasteiger partial charge < -0.3 is 15.0 Å². The average Bonchev–Trinajstić information content (AvgIpc) is 3.05. The Hall–Kier alpha value is -2.63. The second-order valence-electron chi connectivity index (χ2n) is 5.62. The summed E-state index contributed by atoms with van der Waals surface area (Å²) in [5.41, 5.74) is 0.989. The van der Waals surface area contributed by atoms with E-state index >= 15 is 0 Å². The molecule has 1 fully saturated rings. The molecule has 1 N–H and O–H groups in total. The molecule has 0 saturated carbocycles. The van der Waals surface area contributed by atoms with Crippen LogP contribution < -0.4 is 10.1 Å². The molecule has 3 heterocycles. The fourth-order valence-corrected chi connectivity index (χ4v) is 2.61. The minimum absolute atomic E-state index is 0.0126. The van der Waals surface area contributed by atoms with Crippen LogP contribution in [0.4, 0.5) is 4.79 Å². The highest BCUT2D eigenvalue weighted by molar-refractivity contribution is 5.75. The maximum atomic E-state index is 12.4. The molecule has 3 rings (SSSR count). The smallest absolute Gasteiger partial charge is 0.318 e. The van der Waals surface area contributed by atoms with E-state index in [-0.39, 0.29) is 18.2 Å². The Kier molecular flexibility index (Phi) is 4.71. The van der Waals surface area contributed by atoms with Crippen molar-refractivity contribution in [2.24, 2.45) is 0 Å². The van der Waals surface area contributed by atoms with Crippen molar-refractivity contribution in [2.75, 3.05) is 13.1 Å². The average molecular weight is 312 g/mol. The van der Waals surface area contributed by atoms with Crippen LogP contribution in [0.5, 0.6) is 5.75 Å². The van der Waals surface area contributed by atoms with Crippen molar-refractivity contribution in [3.63, 3.8) is 0 Å². The zero-order chi connectivity index (χ0) is 16.1. The standard InChI is InChI=1S/C17H20N4O2/c1-13(14-4-2-7-18-10-14)20-17(22)21-9-6-16(12-21)23-15-5-3-8-19-11-15/h2-5,7-8,10-11,13,16H,6,9,12H2,1H3,(H,20,22)/t13-,16-/m0/s1. The Morgan fingerprint density at radius 1 is 1.30 bits per heavy atom. The normalized spacial score (nSPS) is 18.5. The van der Waals surface area contributed by atoms with Crippen LogP contribution >= 0.6 is 0 Å². The maximum Gasteiger partial charge on any atom is 0.318 e. The van der Waals surface area contributed by atoms with Gasteiger partial charge in [0.25, 0.3) is 0 Å². The molecule has 0 radical (unpaired) electrons. The lowest BCUT2D eigenvalue weighted by atomic mass is 10.1. The summed E-state index contributed by atoms with van der Waals surface area (Å²) < 4.78 is 5.85. The second-order valence-corrected chi connectivity index (χ2v) is 5.62. The number of rotatable bonds is 4. The minimum atomic E-state index is -0.0745. The van der Waals surface area contributed by atoms with Crippen LogP contribution in [0.1, 0.15) is 24.9 Å². The largest absolute Gasteiger partial charge is 0.487 e. The molecular weight excluding hydrogens is 292 g/mol. The number of carbonyl (C=O) groups is 1. The summed E-state index contributed by atoms with van der Waals surface area (Å²) >= 11 is 0. The number of pyridine rings is 2. The predicted molar refractivity (Wildman–Crippen MR) is 86.0 cm³/mol. The summed E-state index contributed by atoms with van der Waals surface area (Å²) in [6, 6.07) is 7.39. The molecule has 1 aliphatic heterocycles. The van der Waals surface area contributed by atoms with E-state index in [4.69, 9.17) is 4.74 Å². The van der Waals surface area contributed by atoms with Gasteiger partial charge in [-0.25, -0.2) is 4.79 Å². The van der Waals surface area contributed by atoms with Gasteiger partial charge in [0.05, 0.1) is 18.8 Å². The Morgan fingerprint density at radius 3 is 2.78 bits per heavy atom. The number of aromatic nitrogens is 2. The molecule has 2 aromatic rings. The Bertz CT molecular complexity index is 636. The molecule has 6 heteroatoms. The number of carbonyl (C=O) groups excluding carboxylic acids is 1. The number of hydrogen-bond acceptors (Lipinski definition) is 4. The van der Waals surface area contributed by atoms with Gasteiger partial charge in [-0.1, -0.05) is 6.07 Å². The Morgan fingerprint density at radius 2 is 2.09 bits per heavy atom. The molecule has 2 atom stereocenters. The van der Waals surface area contributed by atoms with E-state index in [9.17, 15) is 4.79 Å². The van der Waals surface area contributed by atoms with Gasteiger partial charge in [-0.15, -0.1) is 0 Å². The molecule has 0 aromatic carbocycles. The van der Waals surface area contributed by atoms with Crippen LogP contribution in [0.3, 0.4) is 0 Å². The fraction of sp³-hybridized carbons (Fsp3) is 0.353. The topological polar surface area (TPSA) is 67.4 Å². The van der Waals surface area contributed by atoms with Crippen LogP contribution in [0.25, 0.3) is 0 Å². The SMILES string of the molecule is C[C@H](NC(=O)N1CC[C@H](Oc2cccnc2)C1)c1cccnc1. The lowest BCUT2D eigenvalue weighted by molar-refractivity contribution is 0.184. The quantitative estimate of drug-likeness (QED) is 0.941. The fourth-order valence-electron chi connectivity index (χ4n) is 2.61. The van der Waals surface area contributed by atoms with E-state index in [2.05, 4.69) is 15.3 Å². The van der Waals surface area contributed by atoms with Crippen LogP contribution in [0.15, 0.2) is 49.1 Å². The monoisotopic (exact) mass is 312 g/mol. The number of amides is 2. The number of likely N-dealkylation sites (tertiary alicyclic amines) is 1.